The molecule has 0 atom stereocenters. The second-order valence-electron chi connectivity index (χ2n) is 5.18. The van der Waals surface area contributed by atoms with Gasteiger partial charge in [-0.05, 0) is 23.8 Å². The highest BCUT2D eigenvalue weighted by Gasteiger charge is 2.15. The minimum atomic E-state index is -0.467. The number of rotatable bonds is 5. The number of aliphatic imine (C=N–C) groups is 1. The molecule has 24 heavy (non-hydrogen) atoms. The Balaban J connectivity index is 1.47. The first kappa shape index (κ1) is 16.5. The van der Waals surface area contributed by atoms with Gasteiger partial charge in [0, 0.05) is 18.9 Å². The summed E-state index contributed by atoms with van der Waals surface area (Å²) in [7, 11) is 1.33. The highest BCUT2D eigenvalue weighted by atomic mass is 32.2. The number of amidine groups is 1. The van der Waals surface area contributed by atoms with Crippen molar-refractivity contribution in [3.05, 3.63) is 53.7 Å². The first-order valence-corrected chi connectivity index (χ1v) is 8.42. The molecule has 2 aromatic rings. The van der Waals surface area contributed by atoms with Crippen LogP contribution in [0.3, 0.4) is 0 Å². The van der Waals surface area contributed by atoms with Crippen LogP contribution in [0.2, 0.25) is 0 Å². The third kappa shape index (κ3) is 4.36. The van der Waals surface area contributed by atoms with Crippen LogP contribution in [0.4, 0.5) is 0 Å². The van der Waals surface area contributed by atoms with Gasteiger partial charge >= 0.3 is 5.97 Å². The van der Waals surface area contributed by atoms with Gasteiger partial charge < -0.3 is 14.5 Å². The fourth-order valence-corrected chi connectivity index (χ4v) is 2.96. The van der Waals surface area contributed by atoms with E-state index in [1.54, 1.807) is 30.1 Å². The molecule has 3 heterocycles. The van der Waals surface area contributed by atoms with Crippen molar-refractivity contribution < 1.29 is 13.9 Å². The number of esters is 1. The summed E-state index contributed by atoms with van der Waals surface area (Å²) in [6.07, 6.45) is 3.63. The summed E-state index contributed by atoms with van der Waals surface area (Å²) >= 11 is 1.55. The van der Waals surface area contributed by atoms with E-state index in [-0.39, 0.29) is 5.76 Å². The summed E-state index contributed by atoms with van der Waals surface area (Å²) in [6, 6.07) is 7.38. The molecule has 1 aliphatic rings. The van der Waals surface area contributed by atoms with E-state index in [2.05, 4.69) is 31.0 Å². The van der Waals surface area contributed by atoms with Crippen LogP contribution in [0.5, 0.6) is 0 Å². The number of hydrogen-bond donors (Lipinski definition) is 1. The van der Waals surface area contributed by atoms with Gasteiger partial charge in [0.2, 0.25) is 5.76 Å². The second-order valence-corrected chi connectivity index (χ2v) is 6.14. The van der Waals surface area contributed by atoms with Crippen molar-refractivity contribution in [2.45, 2.75) is 12.3 Å². The normalized spacial score (nSPS) is 14.8. The third-order valence-corrected chi connectivity index (χ3v) is 4.37. The molecule has 0 saturated heterocycles. The van der Waals surface area contributed by atoms with Crippen molar-refractivity contribution in [3.63, 3.8) is 0 Å². The lowest BCUT2D eigenvalue weighted by molar-refractivity contribution is 0.0563. The number of nitrogens with zero attached hydrogens (tertiary/aromatic N) is 3. The van der Waals surface area contributed by atoms with Crippen LogP contribution in [0, 0.1) is 0 Å². The lowest BCUT2D eigenvalue weighted by Gasteiger charge is -2.26. The van der Waals surface area contributed by atoms with E-state index >= 15 is 0 Å². The van der Waals surface area contributed by atoms with Gasteiger partial charge in [0.05, 0.1) is 26.2 Å². The lowest BCUT2D eigenvalue weighted by Crippen LogP contribution is -2.41. The zero-order chi connectivity index (χ0) is 16.8. The first-order valence-electron chi connectivity index (χ1n) is 7.44. The lowest BCUT2D eigenvalue weighted by atomic mass is 10.3. The standard InChI is InChI=1S/C16H18N4O3S/c1-22-15(21)14-5-4-13(23-14)9-24-16-18-10-20(11-19-16)8-12-3-2-6-17-7-12/h2-7H,8-11H2,1H3,(H,18,19). The maximum atomic E-state index is 11.4. The topological polar surface area (TPSA) is 80.0 Å². The molecule has 1 N–H and O–H groups in total. The van der Waals surface area contributed by atoms with Gasteiger partial charge in [-0.1, -0.05) is 17.8 Å². The van der Waals surface area contributed by atoms with Crippen LogP contribution < -0.4 is 5.32 Å². The summed E-state index contributed by atoms with van der Waals surface area (Å²) < 4.78 is 10.1. The molecule has 8 heteroatoms. The number of pyridine rings is 1. The van der Waals surface area contributed by atoms with Crippen molar-refractivity contribution >= 4 is 22.9 Å². The molecular weight excluding hydrogens is 328 g/mol. The Labute approximate surface area is 144 Å². The van der Waals surface area contributed by atoms with E-state index in [1.807, 2.05) is 12.3 Å². The molecule has 2 aromatic heterocycles. The van der Waals surface area contributed by atoms with Gasteiger partial charge in [0.1, 0.15) is 5.76 Å². The van der Waals surface area contributed by atoms with E-state index in [0.717, 1.165) is 23.9 Å². The molecular formula is C16H18N4O3S. The van der Waals surface area contributed by atoms with Crippen molar-refractivity contribution in [2.75, 3.05) is 20.4 Å². The van der Waals surface area contributed by atoms with Crippen LogP contribution in [-0.2, 0) is 17.0 Å². The highest BCUT2D eigenvalue weighted by Crippen LogP contribution is 2.18. The maximum absolute atomic E-state index is 11.4. The van der Waals surface area contributed by atoms with Crippen molar-refractivity contribution in [3.8, 4) is 0 Å². The highest BCUT2D eigenvalue weighted by molar-refractivity contribution is 8.13. The molecule has 7 nitrogen and oxygen atoms in total. The van der Waals surface area contributed by atoms with Gasteiger partial charge in [0.15, 0.2) is 5.17 Å². The van der Waals surface area contributed by atoms with Crippen molar-refractivity contribution in [1.29, 1.82) is 0 Å². The number of carbonyl (C=O) groups excluding carboxylic acids is 1. The fraction of sp³-hybridized carbons (Fsp3) is 0.312. The molecule has 0 unspecified atom stereocenters. The molecule has 0 bridgehead atoms. The molecule has 0 amide bonds. The van der Waals surface area contributed by atoms with Crippen LogP contribution in [-0.4, -0.2) is 41.5 Å². The molecule has 0 radical (unpaired) electrons. The molecule has 0 aliphatic carbocycles. The Hall–Kier alpha value is -2.32. The van der Waals surface area contributed by atoms with E-state index in [9.17, 15) is 4.79 Å². The summed E-state index contributed by atoms with van der Waals surface area (Å²) in [5.41, 5.74) is 1.16. The first-order chi connectivity index (χ1) is 11.7. The van der Waals surface area contributed by atoms with Crippen LogP contribution >= 0.6 is 11.8 Å². The smallest absolute Gasteiger partial charge is 0.373 e. The van der Waals surface area contributed by atoms with Crippen LogP contribution in [0.25, 0.3) is 0 Å². The summed E-state index contributed by atoms with van der Waals surface area (Å²) in [4.78, 5) is 22.2. The Bertz CT molecular complexity index is 717. The van der Waals surface area contributed by atoms with Crippen molar-refractivity contribution in [2.24, 2.45) is 4.99 Å². The number of methoxy groups -OCH3 is 1. The van der Waals surface area contributed by atoms with E-state index in [4.69, 9.17) is 4.42 Å². The zero-order valence-corrected chi connectivity index (χ0v) is 14.1. The SMILES string of the molecule is COC(=O)c1ccc(CSC2=NCN(Cc3cccnc3)CN2)o1. The molecule has 0 fully saturated rings. The number of furan rings is 1. The van der Waals surface area contributed by atoms with Gasteiger partial charge in [-0.25, -0.2) is 9.79 Å². The average Bonchev–Trinajstić information content (AvgIpc) is 3.10. The number of hydrogen-bond acceptors (Lipinski definition) is 8. The second kappa shape index (κ2) is 7.98. The molecule has 0 saturated carbocycles. The van der Waals surface area contributed by atoms with Gasteiger partial charge in [-0.2, -0.15) is 0 Å². The van der Waals surface area contributed by atoms with Crippen LogP contribution in [0.15, 0.2) is 46.1 Å². The summed E-state index contributed by atoms with van der Waals surface area (Å²) in [6.45, 7) is 2.17. The minimum Gasteiger partial charge on any atom is -0.463 e. The fourth-order valence-electron chi connectivity index (χ4n) is 2.21. The Kier molecular flexibility index (Phi) is 5.50. The average molecular weight is 346 g/mol. The zero-order valence-electron chi connectivity index (χ0n) is 13.3. The number of aromatic nitrogens is 1. The van der Waals surface area contributed by atoms with Gasteiger partial charge in [-0.3, -0.25) is 9.88 Å². The van der Waals surface area contributed by atoms with Gasteiger partial charge in [-0.15, -0.1) is 0 Å². The maximum Gasteiger partial charge on any atom is 0.373 e. The Morgan fingerprint density at radius 2 is 2.38 bits per heavy atom. The number of nitrogens with one attached hydrogen (secondary N) is 1. The largest absolute Gasteiger partial charge is 0.463 e. The molecule has 1 aliphatic heterocycles. The predicted octanol–water partition coefficient (Wildman–Crippen LogP) is 2.07. The molecule has 126 valence electrons. The molecule has 0 spiro atoms. The molecule has 3 rings (SSSR count). The third-order valence-electron chi connectivity index (χ3n) is 3.40. The molecule has 0 aromatic carbocycles. The van der Waals surface area contributed by atoms with Crippen LogP contribution in [0.1, 0.15) is 21.9 Å². The van der Waals surface area contributed by atoms with Crippen molar-refractivity contribution in [1.82, 2.24) is 15.2 Å². The monoisotopic (exact) mass is 346 g/mol. The quantitative estimate of drug-likeness (QED) is 0.830. The number of carbonyl (C=O) groups is 1. The summed E-state index contributed by atoms with van der Waals surface area (Å²) in [5, 5.41) is 4.15. The summed E-state index contributed by atoms with van der Waals surface area (Å²) in [5.74, 6) is 1.06. The Morgan fingerprint density at radius 3 is 3.08 bits per heavy atom. The van der Waals surface area contributed by atoms with E-state index in [1.165, 1.54) is 7.11 Å². The predicted molar refractivity (Wildman–Crippen MR) is 91.4 cm³/mol. The Morgan fingerprint density at radius 1 is 1.46 bits per heavy atom. The van der Waals surface area contributed by atoms with E-state index < -0.39 is 5.97 Å². The number of thioether (sulfide) groups is 1. The minimum absolute atomic E-state index is 0.217. The van der Waals surface area contributed by atoms with E-state index in [0.29, 0.717) is 18.2 Å². The number of ether oxygens (including phenoxy) is 1. The van der Waals surface area contributed by atoms with Gasteiger partial charge in [0.25, 0.3) is 0 Å².